The number of hydrogen-bond donors (Lipinski definition) is 1. The van der Waals surface area contributed by atoms with E-state index in [1.54, 1.807) is 0 Å². The Labute approximate surface area is 87.3 Å². The first-order valence-electron chi connectivity index (χ1n) is 5.22. The number of rotatable bonds is 2. The van der Waals surface area contributed by atoms with Crippen molar-refractivity contribution in [2.24, 2.45) is 0 Å². The molecule has 0 spiro atoms. The van der Waals surface area contributed by atoms with Crippen LogP contribution in [0.25, 0.3) is 0 Å². The standard InChI is InChI=1S/C9H14N4O2/c14-8(15)9(13-7-10-11-12-13)5-3-1-2-4-6-9/h7H,1-6H2,(H,14,15). The highest BCUT2D eigenvalue weighted by molar-refractivity contribution is 5.76. The zero-order chi connectivity index (χ0) is 10.7. The minimum Gasteiger partial charge on any atom is -0.479 e. The highest BCUT2D eigenvalue weighted by Crippen LogP contribution is 2.33. The van der Waals surface area contributed by atoms with Crippen molar-refractivity contribution >= 4 is 5.97 Å². The Morgan fingerprint density at radius 3 is 2.40 bits per heavy atom. The van der Waals surface area contributed by atoms with Crippen LogP contribution in [0, 0.1) is 0 Å². The maximum Gasteiger partial charge on any atom is 0.331 e. The van der Waals surface area contributed by atoms with E-state index >= 15 is 0 Å². The van der Waals surface area contributed by atoms with Gasteiger partial charge in [-0.05, 0) is 23.3 Å². The summed E-state index contributed by atoms with van der Waals surface area (Å²) in [6.45, 7) is 0. The number of tetrazole rings is 1. The maximum atomic E-state index is 11.4. The molecule has 82 valence electrons. The fraction of sp³-hybridized carbons (Fsp3) is 0.778. The average molecular weight is 210 g/mol. The van der Waals surface area contributed by atoms with Crippen LogP contribution in [-0.2, 0) is 10.3 Å². The second-order valence-electron chi connectivity index (χ2n) is 4.01. The Morgan fingerprint density at radius 2 is 1.93 bits per heavy atom. The fourth-order valence-corrected chi connectivity index (χ4v) is 2.21. The number of aliphatic carboxylic acids is 1. The summed E-state index contributed by atoms with van der Waals surface area (Å²) in [5.41, 5.74) is -0.917. The molecule has 0 amide bonds. The van der Waals surface area contributed by atoms with E-state index in [0.29, 0.717) is 12.8 Å². The van der Waals surface area contributed by atoms with Gasteiger partial charge in [0.15, 0.2) is 5.54 Å². The molecule has 1 aliphatic carbocycles. The van der Waals surface area contributed by atoms with Gasteiger partial charge in [-0.1, -0.05) is 25.7 Å². The molecule has 2 rings (SSSR count). The molecular formula is C9H14N4O2. The largest absolute Gasteiger partial charge is 0.479 e. The molecule has 1 aromatic rings. The third kappa shape index (κ3) is 1.71. The predicted octanol–water partition coefficient (Wildman–Crippen LogP) is 0.807. The zero-order valence-electron chi connectivity index (χ0n) is 8.46. The van der Waals surface area contributed by atoms with Crippen LogP contribution in [-0.4, -0.2) is 31.3 Å². The molecule has 1 heterocycles. The lowest BCUT2D eigenvalue weighted by molar-refractivity contribution is -0.149. The van der Waals surface area contributed by atoms with Gasteiger partial charge >= 0.3 is 5.97 Å². The molecular weight excluding hydrogens is 196 g/mol. The van der Waals surface area contributed by atoms with Crippen LogP contribution >= 0.6 is 0 Å². The molecule has 1 fully saturated rings. The topological polar surface area (TPSA) is 80.9 Å². The first-order chi connectivity index (χ1) is 7.26. The molecule has 0 aliphatic heterocycles. The second-order valence-corrected chi connectivity index (χ2v) is 4.01. The van der Waals surface area contributed by atoms with E-state index in [-0.39, 0.29) is 0 Å². The van der Waals surface area contributed by atoms with Crippen molar-refractivity contribution in [3.63, 3.8) is 0 Å². The van der Waals surface area contributed by atoms with E-state index in [9.17, 15) is 9.90 Å². The molecule has 1 aromatic heterocycles. The van der Waals surface area contributed by atoms with E-state index in [1.165, 1.54) is 11.0 Å². The number of nitrogens with zero attached hydrogens (tertiary/aromatic N) is 4. The van der Waals surface area contributed by atoms with Gasteiger partial charge in [0, 0.05) is 0 Å². The van der Waals surface area contributed by atoms with E-state index in [0.717, 1.165) is 25.7 Å². The Hall–Kier alpha value is -1.46. The van der Waals surface area contributed by atoms with Gasteiger partial charge < -0.3 is 5.11 Å². The SMILES string of the molecule is O=C(O)C1(n2cnnn2)CCCCCC1. The molecule has 1 saturated carbocycles. The Morgan fingerprint density at radius 1 is 1.27 bits per heavy atom. The lowest BCUT2D eigenvalue weighted by Crippen LogP contribution is -2.42. The van der Waals surface area contributed by atoms with Crippen molar-refractivity contribution in [1.29, 1.82) is 0 Å². The normalized spacial score (nSPS) is 20.8. The summed E-state index contributed by atoms with van der Waals surface area (Å²) in [6.07, 6.45) is 6.67. The highest BCUT2D eigenvalue weighted by Gasteiger charge is 2.41. The van der Waals surface area contributed by atoms with Crippen LogP contribution in [0.1, 0.15) is 38.5 Å². The van der Waals surface area contributed by atoms with Gasteiger partial charge in [0.25, 0.3) is 0 Å². The first-order valence-corrected chi connectivity index (χ1v) is 5.22. The van der Waals surface area contributed by atoms with Crippen molar-refractivity contribution in [1.82, 2.24) is 20.2 Å². The predicted molar refractivity (Wildman–Crippen MR) is 51.1 cm³/mol. The van der Waals surface area contributed by atoms with Crippen molar-refractivity contribution in [3.05, 3.63) is 6.33 Å². The molecule has 1 N–H and O–H groups in total. The molecule has 0 unspecified atom stereocenters. The summed E-state index contributed by atoms with van der Waals surface area (Å²) < 4.78 is 1.40. The summed E-state index contributed by atoms with van der Waals surface area (Å²) >= 11 is 0. The van der Waals surface area contributed by atoms with Gasteiger partial charge in [-0.3, -0.25) is 0 Å². The van der Waals surface area contributed by atoms with Crippen molar-refractivity contribution < 1.29 is 9.90 Å². The summed E-state index contributed by atoms with van der Waals surface area (Å²) in [5, 5.41) is 20.2. The summed E-state index contributed by atoms with van der Waals surface area (Å²) in [5.74, 6) is -0.822. The molecule has 6 heteroatoms. The second kappa shape index (κ2) is 3.96. The van der Waals surface area contributed by atoms with Gasteiger partial charge in [0.05, 0.1) is 0 Å². The summed E-state index contributed by atoms with van der Waals surface area (Å²) in [7, 11) is 0. The number of hydrogen-bond acceptors (Lipinski definition) is 4. The molecule has 0 aromatic carbocycles. The van der Waals surface area contributed by atoms with Crippen LogP contribution in [0.3, 0.4) is 0 Å². The molecule has 15 heavy (non-hydrogen) atoms. The van der Waals surface area contributed by atoms with Crippen molar-refractivity contribution in [2.75, 3.05) is 0 Å². The van der Waals surface area contributed by atoms with Crippen LogP contribution in [0.4, 0.5) is 0 Å². The fourth-order valence-electron chi connectivity index (χ4n) is 2.21. The highest BCUT2D eigenvalue weighted by atomic mass is 16.4. The van der Waals surface area contributed by atoms with E-state index in [1.807, 2.05) is 0 Å². The van der Waals surface area contributed by atoms with Crippen LogP contribution in [0.5, 0.6) is 0 Å². The number of carboxylic acids is 1. The van der Waals surface area contributed by atoms with E-state index in [4.69, 9.17) is 0 Å². The van der Waals surface area contributed by atoms with E-state index < -0.39 is 11.5 Å². The van der Waals surface area contributed by atoms with Crippen LogP contribution in [0.15, 0.2) is 6.33 Å². The Bertz CT molecular complexity index is 328. The van der Waals surface area contributed by atoms with Crippen molar-refractivity contribution in [2.45, 2.75) is 44.1 Å². The first kappa shape index (κ1) is 10.1. The molecule has 1 aliphatic rings. The lowest BCUT2D eigenvalue weighted by atomic mass is 9.90. The minimum absolute atomic E-state index is 0.618. The smallest absolute Gasteiger partial charge is 0.331 e. The molecule has 0 atom stereocenters. The maximum absolute atomic E-state index is 11.4. The molecule has 0 bridgehead atoms. The molecule has 6 nitrogen and oxygen atoms in total. The summed E-state index contributed by atoms with van der Waals surface area (Å²) in [6, 6.07) is 0. The van der Waals surface area contributed by atoms with E-state index in [2.05, 4.69) is 15.5 Å². The Kier molecular flexibility index (Phi) is 2.66. The third-order valence-electron chi connectivity index (χ3n) is 3.12. The van der Waals surface area contributed by atoms with Gasteiger partial charge in [-0.2, -0.15) is 0 Å². The van der Waals surface area contributed by atoms with Gasteiger partial charge in [0.2, 0.25) is 0 Å². The van der Waals surface area contributed by atoms with Gasteiger partial charge in [0.1, 0.15) is 6.33 Å². The van der Waals surface area contributed by atoms with Crippen LogP contribution in [0.2, 0.25) is 0 Å². The Balaban J connectivity index is 2.34. The van der Waals surface area contributed by atoms with Crippen molar-refractivity contribution in [3.8, 4) is 0 Å². The number of aromatic nitrogens is 4. The quantitative estimate of drug-likeness (QED) is 0.730. The van der Waals surface area contributed by atoms with Gasteiger partial charge in [-0.15, -0.1) is 5.10 Å². The van der Waals surface area contributed by atoms with Crippen LogP contribution < -0.4 is 0 Å². The third-order valence-corrected chi connectivity index (χ3v) is 3.12. The van der Waals surface area contributed by atoms with Gasteiger partial charge in [-0.25, -0.2) is 9.48 Å². The lowest BCUT2D eigenvalue weighted by Gasteiger charge is -2.26. The minimum atomic E-state index is -0.917. The average Bonchev–Trinajstić information content (AvgIpc) is 2.63. The monoisotopic (exact) mass is 210 g/mol. The molecule has 0 saturated heterocycles. The zero-order valence-corrected chi connectivity index (χ0v) is 8.46. The number of carboxylic acid groups (broad SMARTS) is 1. The molecule has 0 radical (unpaired) electrons. The number of carbonyl (C=O) groups is 1. The summed E-state index contributed by atoms with van der Waals surface area (Å²) in [4.78, 5) is 11.4.